The molecule has 1 fully saturated rings. The largest absolute Gasteiger partial charge is 0.326 e. The highest BCUT2D eigenvalue weighted by Gasteiger charge is 2.22. The predicted molar refractivity (Wildman–Crippen MR) is 39.5 cm³/mol. The van der Waals surface area contributed by atoms with Gasteiger partial charge in [-0.3, -0.25) is 4.39 Å². The van der Waals surface area contributed by atoms with Crippen molar-refractivity contribution in [3.8, 4) is 0 Å². The summed E-state index contributed by atoms with van der Waals surface area (Å²) in [7, 11) is 0. The average Bonchev–Trinajstić information content (AvgIpc) is 2.31. The first-order valence-electron chi connectivity index (χ1n) is 3.87. The van der Waals surface area contributed by atoms with E-state index in [0.29, 0.717) is 12.3 Å². The molecule has 1 saturated heterocycles. The third-order valence-electron chi connectivity index (χ3n) is 2.10. The molecular formula is C7H15FN2. The van der Waals surface area contributed by atoms with Gasteiger partial charge in [-0.05, 0) is 25.3 Å². The lowest BCUT2D eigenvalue weighted by atomic mass is 9.99. The van der Waals surface area contributed by atoms with Crippen molar-refractivity contribution in [1.29, 1.82) is 0 Å². The van der Waals surface area contributed by atoms with Crippen molar-refractivity contribution in [2.24, 2.45) is 11.7 Å². The van der Waals surface area contributed by atoms with E-state index in [2.05, 4.69) is 5.32 Å². The van der Waals surface area contributed by atoms with Crippen LogP contribution >= 0.6 is 0 Å². The molecule has 3 N–H and O–H groups in total. The zero-order valence-corrected chi connectivity index (χ0v) is 6.15. The predicted octanol–water partition coefficient (Wildman–Crippen LogP) is 0.283. The van der Waals surface area contributed by atoms with Crippen LogP contribution in [0.5, 0.6) is 0 Å². The Kier molecular flexibility index (Phi) is 3.09. The minimum atomic E-state index is -0.205. The van der Waals surface area contributed by atoms with E-state index in [0.717, 1.165) is 19.5 Å². The van der Waals surface area contributed by atoms with Gasteiger partial charge in [0.05, 0.1) is 6.67 Å². The smallest absolute Gasteiger partial charge is 0.0894 e. The summed E-state index contributed by atoms with van der Waals surface area (Å²) in [4.78, 5) is 0. The molecule has 0 spiro atoms. The first-order valence-corrected chi connectivity index (χ1v) is 3.87. The van der Waals surface area contributed by atoms with E-state index in [1.165, 1.54) is 0 Å². The van der Waals surface area contributed by atoms with Crippen LogP contribution < -0.4 is 11.1 Å². The van der Waals surface area contributed by atoms with Crippen molar-refractivity contribution in [1.82, 2.24) is 5.32 Å². The lowest BCUT2D eigenvalue weighted by Gasteiger charge is -2.11. The van der Waals surface area contributed by atoms with Crippen molar-refractivity contribution < 1.29 is 4.39 Å². The van der Waals surface area contributed by atoms with E-state index in [1.807, 2.05) is 0 Å². The Bertz CT molecular complexity index is 97.6. The van der Waals surface area contributed by atoms with Crippen molar-refractivity contribution in [2.45, 2.75) is 18.9 Å². The van der Waals surface area contributed by atoms with Crippen LogP contribution in [0.15, 0.2) is 0 Å². The molecule has 1 aliphatic rings. The molecule has 2 nitrogen and oxygen atoms in total. The second-order valence-corrected chi connectivity index (χ2v) is 2.91. The zero-order chi connectivity index (χ0) is 7.40. The average molecular weight is 146 g/mol. The molecule has 1 rings (SSSR count). The molecule has 0 aromatic heterocycles. The lowest BCUT2D eigenvalue weighted by Crippen LogP contribution is -2.28. The topological polar surface area (TPSA) is 38.0 Å². The highest BCUT2D eigenvalue weighted by atomic mass is 19.1. The minimum Gasteiger partial charge on any atom is -0.326 e. The number of rotatable bonds is 3. The van der Waals surface area contributed by atoms with Crippen LogP contribution in [0.1, 0.15) is 12.8 Å². The number of nitrogens with one attached hydrogen (secondary N) is 1. The third-order valence-corrected chi connectivity index (χ3v) is 2.10. The van der Waals surface area contributed by atoms with Gasteiger partial charge in [-0.1, -0.05) is 0 Å². The minimum absolute atomic E-state index is 0.205. The summed E-state index contributed by atoms with van der Waals surface area (Å²) in [5.74, 6) is 0.510. The number of alkyl halides is 1. The van der Waals surface area contributed by atoms with Crippen LogP contribution in [0.3, 0.4) is 0 Å². The van der Waals surface area contributed by atoms with Gasteiger partial charge in [0.15, 0.2) is 0 Å². The molecule has 0 amide bonds. The number of hydrogen-bond donors (Lipinski definition) is 2. The molecule has 60 valence electrons. The fraction of sp³-hybridized carbons (Fsp3) is 1.00. The van der Waals surface area contributed by atoms with Crippen LogP contribution in [-0.2, 0) is 0 Å². The van der Waals surface area contributed by atoms with Gasteiger partial charge in [-0.15, -0.1) is 0 Å². The van der Waals surface area contributed by atoms with Gasteiger partial charge in [0.25, 0.3) is 0 Å². The first kappa shape index (κ1) is 7.95. The molecule has 0 aromatic rings. The molecule has 10 heavy (non-hydrogen) atoms. The Balaban J connectivity index is 2.14. The Labute approximate surface area is 61.0 Å². The second-order valence-electron chi connectivity index (χ2n) is 2.91. The molecule has 3 heteroatoms. The van der Waals surface area contributed by atoms with E-state index < -0.39 is 0 Å². The van der Waals surface area contributed by atoms with Gasteiger partial charge in [-0.2, -0.15) is 0 Å². The number of halogens is 1. The number of nitrogens with two attached hydrogens (primary N) is 1. The van der Waals surface area contributed by atoms with Crippen LogP contribution in [0.4, 0.5) is 4.39 Å². The molecule has 0 saturated carbocycles. The van der Waals surface area contributed by atoms with Crippen LogP contribution in [-0.4, -0.2) is 25.8 Å². The first-order chi connectivity index (χ1) is 4.84. The van der Waals surface area contributed by atoms with Gasteiger partial charge in [0.2, 0.25) is 0 Å². The maximum absolute atomic E-state index is 11.7. The fourth-order valence-electron chi connectivity index (χ4n) is 1.41. The van der Waals surface area contributed by atoms with Crippen LogP contribution in [0, 0.1) is 5.92 Å². The normalized spacial score (nSPS) is 33.0. The number of hydrogen-bond acceptors (Lipinski definition) is 2. The maximum atomic E-state index is 11.7. The summed E-state index contributed by atoms with van der Waals surface area (Å²) in [6, 6.07) is 0.256. The molecule has 0 radical (unpaired) electrons. The van der Waals surface area contributed by atoms with Crippen molar-refractivity contribution in [2.75, 3.05) is 19.8 Å². The van der Waals surface area contributed by atoms with Gasteiger partial charge < -0.3 is 11.1 Å². The lowest BCUT2D eigenvalue weighted by molar-refractivity contribution is 0.398. The summed E-state index contributed by atoms with van der Waals surface area (Å²) in [5.41, 5.74) is 5.73. The monoisotopic (exact) mass is 146 g/mol. The molecule has 0 bridgehead atoms. The summed E-state index contributed by atoms with van der Waals surface area (Å²) < 4.78 is 11.7. The van der Waals surface area contributed by atoms with Gasteiger partial charge in [0.1, 0.15) is 0 Å². The van der Waals surface area contributed by atoms with Crippen molar-refractivity contribution in [3.63, 3.8) is 0 Å². The quantitative estimate of drug-likeness (QED) is 0.600. The van der Waals surface area contributed by atoms with Gasteiger partial charge >= 0.3 is 0 Å². The molecule has 0 aromatic carbocycles. The van der Waals surface area contributed by atoms with Crippen LogP contribution in [0.2, 0.25) is 0 Å². The molecule has 0 unspecified atom stereocenters. The summed E-state index contributed by atoms with van der Waals surface area (Å²) in [5, 5.41) is 3.18. The molecular weight excluding hydrogens is 131 g/mol. The van der Waals surface area contributed by atoms with Gasteiger partial charge in [0, 0.05) is 12.6 Å². The molecule has 2 atom stereocenters. The summed E-state index contributed by atoms with van der Waals surface area (Å²) >= 11 is 0. The van der Waals surface area contributed by atoms with E-state index in [9.17, 15) is 4.39 Å². The van der Waals surface area contributed by atoms with E-state index >= 15 is 0 Å². The Morgan fingerprint density at radius 2 is 2.30 bits per heavy atom. The SMILES string of the molecule is N[C@H]1CNC[C@H]1CCCF. The third kappa shape index (κ3) is 1.92. The van der Waals surface area contributed by atoms with E-state index in [1.54, 1.807) is 0 Å². The maximum Gasteiger partial charge on any atom is 0.0894 e. The second kappa shape index (κ2) is 3.88. The van der Waals surface area contributed by atoms with E-state index in [-0.39, 0.29) is 12.7 Å². The molecule has 1 aliphatic heterocycles. The fourth-order valence-corrected chi connectivity index (χ4v) is 1.41. The molecule has 1 heterocycles. The standard InChI is InChI=1S/C7H15FN2/c8-3-1-2-6-4-10-5-7(6)9/h6-7,10H,1-5,9H2/t6-,7+/m1/s1. The highest BCUT2D eigenvalue weighted by molar-refractivity contribution is 4.83. The molecule has 0 aliphatic carbocycles. The van der Waals surface area contributed by atoms with Crippen molar-refractivity contribution >= 4 is 0 Å². The zero-order valence-electron chi connectivity index (χ0n) is 6.15. The van der Waals surface area contributed by atoms with Crippen LogP contribution in [0.25, 0.3) is 0 Å². The highest BCUT2D eigenvalue weighted by Crippen LogP contribution is 2.13. The Hall–Kier alpha value is -0.150. The summed E-state index contributed by atoms with van der Waals surface area (Å²) in [6.07, 6.45) is 1.60. The summed E-state index contributed by atoms with van der Waals surface area (Å²) in [6.45, 7) is 1.67. The van der Waals surface area contributed by atoms with Crippen molar-refractivity contribution in [3.05, 3.63) is 0 Å². The van der Waals surface area contributed by atoms with Gasteiger partial charge in [-0.25, -0.2) is 0 Å². The Morgan fingerprint density at radius 3 is 2.80 bits per heavy atom. The van der Waals surface area contributed by atoms with E-state index in [4.69, 9.17) is 5.73 Å². The Morgan fingerprint density at radius 1 is 1.50 bits per heavy atom.